The van der Waals surface area contributed by atoms with Crippen molar-refractivity contribution in [2.24, 2.45) is 7.05 Å². The lowest BCUT2D eigenvalue weighted by Gasteiger charge is -2.26. The van der Waals surface area contributed by atoms with E-state index in [4.69, 9.17) is 4.74 Å². The van der Waals surface area contributed by atoms with Gasteiger partial charge in [0.25, 0.3) is 0 Å². The predicted molar refractivity (Wildman–Crippen MR) is 63.9 cm³/mol. The van der Waals surface area contributed by atoms with Gasteiger partial charge in [-0.25, -0.2) is 4.68 Å². The average molecular weight is 243 g/mol. The van der Waals surface area contributed by atoms with Crippen LogP contribution in [0.3, 0.4) is 0 Å². The van der Waals surface area contributed by atoms with Gasteiger partial charge < -0.3 is 20.3 Å². The summed E-state index contributed by atoms with van der Waals surface area (Å²) in [5, 5.41) is 25.7. The maximum Gasteiger partial charge on any atom is 0.216 e. The molecule has 98 valence electrons. The number of aliphatic hydroxyl groups excluding tert-OH is 2. The van der Waals surface area contributed by atoms with Crippen LogP contribution < -0.4 is 10.1 Å². The van der Waals surface area contributed by atoms with Gasteiger partial charge in [0, 0.05) is 13.6 Å². The van der Waals surface area contributed by atoms with Gasteiger partial charge in [0.15, 0.2) is 0 Å². The second-order valence-corrected chi connectivity index (χ2v) is 4.43. The maximum absolute atomic E-state index is 9.19. The van der Waals surface area contributed by atoms with Gasteiger partial charge in [0.2, 0.25) is 5.88 Å². The summed E-state index contributed by atoms with van der Waals surface area (Å²) in [5.74, 6) is 0.688. The molecule has 1 heterocycles. The highest BCUT2D eigenvalue weighted by Crippen LogP contribution is 2.21. The summed E-state index contributed by atoms with van der Waals surface area (Å²) >= 11 is 0. The first-order chi connectivity index (χ1) is 7.97. The van der Waals surface area contributed by atoms with Crippen molar-refractivity contribution in [3.05, 3.63) is 11.3 Å². The van der Waals surface area contributed by atoms with Gasteiger partial charge in [-0.05, 0) is 13.8 Å². The number of aryl methyl sites for hydroxylation is 2. The molecule has 1 rings (SSSR count). The SMILES string of the molecule is COc1c(CNC(C)(CO)CO)c(C)nn1C. The normalized spacial score (nSPS) is 11.9. The molecule has 6 nitrogen and oxygen atoms in total. The summed E-state index contributed by atoms with van der Waals surface area (Å²) in [4.78, 5) is 0. The van der Waals surface area contributed by atoms with E-state index < -0.39 is 5.54 Å². The summed E-state index contributed by atoms with van der Waals surface area (Å²) in [7, 11) is 3.41. The van der Waals surface area contributed by atoms with Crippen molar-refractivity contribution < 1.29 is 14.9 Å². The molecule has 0 unspecified atom stereocenters. The minimum absolute atomic E-state index is 0.134. The Balaban J connectivity index is 2.82. The molecular formula is C11H21N3O3. The van der Waals surface area contributed by atoms with Crippen molar-refractivity contribution >= 4 is 0 Å². The van der Waals surface area contributed by atoms with Crippen molar-refractivity contribution in [2.75, 3.05) is 20.3 Å². The molecule has 0 saturated heterocycles. The lowest BCUT2D eigenvalue weighted by atomic mass is 10.1. The third-order valence-electron chi connectivity index (χ3n) is 2.87. The van der Waals surface area contributed by atoms with Crippen LogP contribution in [0.1, 0.15) is 18.2 Å². The highest BCUT2D eigenvalue weighted by Gasteiger charge is 2.23. The first kappa shape index (κ1) is 14.0. The number of hydrogen-bond donors (Lipinski definition) is 3. The fourth-order valence-electron chi connectivity index (χ4n) is 1.60. The number of aliphatic hydroxyl groups is 2. The van der Waals surface area contributed by atoms with Crippen LogP contribution in [0.15, 0.2) is 0 Å². The number of nitrogens with zero attached hydrogens (tertiary/aromatic N) is 2. The Morgan fingerprint density at radius 2 is 2.00 bits per heavy atom. The van der Waals surface area contributed by atoms with Crippen LogP contribution in [-0.4, -0.2) is 45.9 Å². The zero-order chi connectivity index (χ0) is 13.1. The number of rotatable bonds is 6. The molecule has 0 aliphatic heterocycles. The third kappa shape index (κ3) is 2.96. The van der Waals surface area contributed by atoms with Crippen LogP contribution in [0.2, 0.25) is 0 Å². The summed E-state index contributed by atoms with van der Waals surface area (Å²) in [6.07, 6.45) is 0. The molecule has 1 aromatic heterocycles. The van der Waals surface area contributed by atoms with Crippen molar-refractivity contribution in [3.63, 3.8) is 0 Å². The Morgan fingerprint density at radius 3 is 2.47 bits per heavy atom. The monoisotopic (exact) mass is 243 g/mol. The van der Waals surface area contributed by atoms with E-state index in [2.05, 4.69) is 10.4 Å². The van der Waals surface area contributed by atoms with E-state index in [1.165, 1.54) is 0 Å². The van der Waals surface area contributed by atoms with Crippen LogP contribution in [-0.2, 0) is 13.6 Å². The van der Waals surface area contributed by atoms with Gasteiger partial charge in [0.05, 0.1) is 37.1 Å². The van der Waals surface area contributed by atoms with Crippen LogP contribution in [0.4, 0.5) is 0 Å². The van der Waals surface area contributed by atoms with Gasteiger partial charge in [-0.3, -0.25) is 0 Å². The summed E-state index contributed by atoms with van der Waals surface area (Å²) < 4.78 is 6.93. The van der Waals surface area contributed by atoms with E-state index in [9.17, 15) is 10.2 Å². The lowest BCUT2D eigenvalue weighted by Crippen LogP contribution is -2.48. The number of hydrogen-bond acceptors (Lipinski definition) is 5. The predicted octanol–water partition coefficient (Wildman–Crippen LogP) is -0.430. The van der Waals surface area contributed by atoms with Crippen molar-refractivity contribution in [3.8, 4) is 5.88 Å². The largest absolute Gasteiger partial charge is 0.481 e. The van der Waals surface area contributed by atoms with Crippen LogP contribution in [0.5, 0.6) is 5.88 Å². The minimum Gasteiger partial charge on any atom is -0.481 e. The first-order valence-corrected chi connectivity index (χ1v) is 5.50. The topological polar surface area (TPSA) is 79.5 Å². The molecular weight excluding hydrogens is 222 g/mol. The molecule has 17 heavy (non-hydrogen) atoms. The highest BCUT2D eigenvalue weighted by atomic mass is 16.5. The molecule has 0 saturated carbocycles. The molecule has 0 aromatic carbocycles. The molecule has 0 aliphatic rings. The minimum atomic E-state index is -0.701. The molecule has 0 amide bonds. The number of nitrogens with one attached hydrogen (secondary N) is 1. The first-order valence-electron chi connectivity index (χ1n) is 5.50. The molecule has 0 bridgehead atoms. The number of ether oxygens (including phenoxy) is 1. The summed E-state index contributed by atoms with van der Waals surface area (Å²) in [6.45, 7) is 3.87. The highest BCUT2D eigenvalue weighted by molar-refractivity contribution is 5.30. The smallest absolute Gasteiger partial charge is 0.216 e. The molecule has 0 fully saturated rings. The Labute approximate surface area is 101 Å². The third-order valence-corrected chi connectivity index (χ3v) is 2.87. The quantitative estimate of drug-likeness (QED) is 0.632. The van der Waals surface area contributed by atoms with Crippen LogP contribution >= 0.6 is 0 Å². The van der Waals surface area contributed by atoms with E-state index in [1.54, 1.807) is 18.7 Å². The van der Waals surface area contributed by atoms with Crippen LogP contribution in [0, 0.1) is 6.92 Å². The zero-order valence-electron chi connectivity index (χ0n) is 10.8. The van der Waals surface area contributed by atoms with E-state index >= 15 is 0 Å². The lowest BCUT2D eigenvalue weighted by molar-refractivity contribution is 0.103. The van der Waals surface area contributed by atoms with Gasteiger partial charge in [-0.1, -0.05) is 0 Å². The fraction of sp³-hybridized carbons (Fsp3) is 0.727. The van der Waals surface area contributed by atoms with Crippen LogP contribution in [0.25, 0.3) is 0 Å². The maximum atomic E-state index is 9.19. The van der Waals surface area contributed by atoms with E-state index in [0.29, 0.717) is 12.4 Å². The van der Waals surface area contributed by atoms with E-state index in [-0.39, 0.29) is 13.2 Å². The van der Waals surface area contributed by atoms with Gasteiger partial charge in [0.1, 0.15) is 0 Å². The molecule has 0 aliphatic carbocycles. The van der Waals surface area contributed by atoms with Crippen molar-refractivity contribution in [2.45, 2.75) is 25.9 Å². The Hall–Kier alpha value is -1.11. The Bertz CT molecular complexity index is 372. The molecule has 0 atom stereocenters. The molecule has 1 aromatic rings. The van der Waals surface area contributed by atoms with Gasteiger partial charge in [-0.15, -0.1) is 0 Å². The number of methoxy groups -OCH3 is 1. The molecule has 6 heteroatoms. The van der Waals surface area contributed by atoms with Crippen molar-refractivity contribution in [1.29, 1.82) is 0 Å². The van der Waals surface area contributed by atoms with Gasteiger partial charge >= 0.3 is 0 Å². The Kier molecular flexibility index (Phi) is 4.50. The molecule has 0 radical (unpaired) electrons. The second kappa shape index (κ2) is 5.48. The fourth-order valence-corrected chi connectivity index (χ4v) is 1.60. The molecule has 3 N–H and O–H groups in total. The van der Waals surface area contributed by atoms with E-state index in [1.807, 2.05) is 14.0 Å². The molecule has 0 spiro atoms. The Morgan fingerprint density at radius 1 is 1.41 bits per heavy atom. The zero-order valence-corrected chi connectivity index (χ0v) is 10.8. The standard InChI is InChI=1S/C11H21N3O3/c1-8-9(10(17-4)14(3)13-8)5-12-11(2,6-15)7-16/h12,15-16H,5-7H2,1-4H3. The summed E-state index contributed by atoms with van der Waals surface area (Å²) in [6, 6.07) is 0. The van der Waals surface area contributed by atoms with E-state index in [0.717, 1.165) is 11.3 Å². The number of aromatic nitrogens is 2. The second-order valence-electron chi connectivity index (χ2n) is 4.43. The van der Waals surface area contributed by atoms with Crippen molar-refractivity contribution in [1.82, 2.24) is 15.1 Å². The average Bonchev–Trinajstić information content (AvgIpc) is 2.60. The summed E-state index contributed by atoms with van der Waals surface area (Å²) in [5.41, 5.74) is 1.10. The van der Waals surface area contributed by atoms with Gasteiger partial charge in [-0.2, -0.15) is 5.10 Å².